The molecule has 2 aromatic heterocycles. The van der Waals surface area contributed by atoms with Gasteiger partial charge in [-0.1, -0.05) is 11.3 Å². The molecule has 1 atom stereocenters. The number of fused-ring (bicyclic) bond motifs is 1. The number of nitrogens with zero attached hydrogens (tertiary/aromatic N) is 4. The number of nitrogens with one attached hydrogen (secondary N) is 1. The molecule has 3 aliphatic heterocycles. The van der Waals surface area contributed by atoms with Crippen molar-refractivity contribution in [3.63, 3.8) is 0 Å². The van der Waals surface area contributed by atoms with Crippen LogP contribution in [-0.4, -0.2) is 59.0 Å². The molecule has 0 aromatic carbocycles. The van der Waals surface area contributed by atoms with Crippen molar-refractivity contribution in [1.29, 1.82) is 0 Å². The van der Waals surface area contributed by atoms with E-state index in [1.807, 2.05) is 11.8 Å². The van der Waals surface area contributed by atoms with Gasteiger partial charge in [-0.25, -0.2) is 9.97 Å². The first-order chi connectivity index (χ1) is 15.3. The molecule has 0 bridgehead atoms. The molecule has 1 aliphatic carbocycles. The van der Waals surface area contributed by atoms with E-state index in [-0.39, 0.29) is 23.3 Å². The second kappa shape index (κ2) is 6.99. The largest absolute Gasteiger partial charge is 0.380 e. The minimum Gasteiger partial charge on any atom is -0.380 e. The smallest absolute Gasteiger partial charge is 0.258 e. The van der Waals surface area contributed by atoms with E-state index in [0.29, 0.717) is 17.6 Å². The Balaban J connectivity index is 1.40. The number of pyridine rings is 1. The summed E-state index contributed by atoms with van der Waals surface area (Å²) in [7, 11) is 0. The molecular weight excluding hydrogens is 426 g/mol. The molecule has 6 rings (SSSR count). The number of aryl methyl sites for hydroxylation is 1. The fourth-order valence-electron chi connectivity index (χ4n) is 5.17. The summed E-state index contributed by atoms with van der Waals surface area (Å²) < 4.78 is 5.44. The van der Waals surface area contributed by atoms with Gasteiger partial charge in [0.25, 0.3) is 5.91 Å². The number of hydrogen-bond acceptors (Lipinski definition) is 7. The van der Waals surface area contributed by atoms with E-state index in [0.717, 1.165) is 59.5 Å². The molecule has 1 spiro atoms. The number of carbonyl (C=O) groups excluding carboxylic acids is 2. The van der Waals surface area contributed by atoms with Crippen LogP contribution in [0.3, 0.4) is 0 Å². The molecule has 0 unspecified atom stereocenters. The van der Waals surface area contributed by atoms with Crippen LogP contribution in [0.2, 0.25) is 0 Å². The van der Waals surface area contributed by atoms with E-state index in [1.54, 1.807) is 0 Å². The zero-order valence-corrected chi connectivity index (χ0v) is 19.4. The highest BCUT2D eigenvalue weighted by Gasteiger charge is 2.51. The van der Waals surface area contributed by atoms with Gasteiger partial charge >= 0.3 is 0 Å². The van der Waals surface area contributed by atoms with Crippen LogP contribution in [0, 0.1) is 18.3 Å². The molecule has 8 nitrogen and oxygen atoms in total. The van der Waals surface area contributed by atoms with Crippen molar-refractivity contribution >= 4 is 34.1 Å². The van der Waals surface area contributed by atoms with Crippen molar-refractivity contribution in [3.8, 4) is 10.6 Å². The second-order valence-electron chi connectivity index (χ2n) is 9.84. The number of hydrogen-bond donors (Lipinski definition) is 1. The van der Waals surface area contributed by atoms with E-state index in [1.165, 1.54) is 31.1 Å². The molecule has 2 saturated heterocycles. The van der Waals surface area contributed by atoms with Gasteiger partial charge in [0.15, 0.2) is 5.13 Å². The first-order valence-corrected chi connectivity index (χ1v) is 12.1. The van der Waals surface area contributed by atoms with Gasteiger partial charge in [-0.05, 0) is 44.2 Å². The Hall–Kier alpha value is -2.52. The molecule has 0 radical (unpaired) electrons. The number of thiazole rings is 1. The summed E-state index contributed by atoms with van der Waals surface area (Å²) in [6.07, 6.45) is 2.41. The van der Waals surface area contributed by atoms with E-state index in [4.69, 9.17) is 9.72 Å². The molecule has 2 aromatic rings. The Morgan fingerprint density at radius 2 is 2.06 bits per heavy atom. The third-order valence-corrected chi connectivity index (χ3v) is 8.27. The van der Waals surface area contributed by atoms with Crippen molar-refractivity contribution in [1.82, 2.24) is 14.9 Å². The van der Waals surface area contributed by atoms with Crippen LogP contribution >= 0.6 is 11.3 Å². The van der Waals surface area contributed by atoms with Gasteiger partial charge in [0.05, 0.1) is 40.5 Å². The minimum atomic E-state index is -0.142. The molecular formula is C23H27N5O3S. The first-order valence-electron chi connectivity index (χ1n) is 11.3. The van der Waals surface area contributed by atoms with Crippen molar-refractivity contribution < 1.29 is 14.3 Å². The van der Waals surface area contributed by atoms with Crippen LogP contribution in [0.4, 0.5) is 10.9 Å². The predicted octanol–water partition coefficient (Wildman–Crippen LogP) is 3.06. The van der Waals surface area contributed by atoms with Crippen LogP contribution in [0.1, 0.15) is 48.3 Å². The monoisotopic (exact) mass is 453 g/mol. The molecule has 2 amide bonds. The third-order valence-electron chi connectivity index (χ3n) is 7.17. The van der Waals surface area contributed by atoms with Gasteiger partial charge in [0, 0.05) is 32.6 Å². The standard InChI is InChI=1S/C23H27N5O3S/c1-12-19(32-22(24-12)25-14(3)29)17-6-16-7-28(13(2)15-4-5-15)21(30)18(16)20(26-17)27-8-23(9-27)10-31-11-23/h6,13,15H,4-5,7-11H2,1-3H3,(H,24,25,29)/t13-/m0/s1. The average Bonchev–Trinajstić information content (AvgIpc) is 3.38. The molecule has 9 heteroatoms. The fraction of sp³-hybridized carbons (Fsp3) is 0.565. The maximum atomic E-state index is 13.5. The van der Waals surface area contributed by atoms with Crippen LogP contribution in [0.15, 0.2) is 6.07 Å². The Labute approximate surface area is 191 Å². The Morgan fingerprint density at radius 3 is 2.69 bits per heavy atom. The molecule has 32 heavy (non-hydrogen) atoms. The lowest BCUT2D eigenvalue weighted by molar-refractivity contribution is -0.127. The predicted molar refractivity (Wildman–Crippen MR) is 122 cm³/mol. The first kappa shape index (κ1) is 20.1. The number of anilines is 2. The number of ether oxygens (including phenoxy) is 1. The summed E-state index contributed by atoms with van der Waals surface area (Å²) in [4.78, 5) is 39.7. The second-order valence-corrected chi connectivity index (χ2v) is 10.8. The zero-order chi connectivity index (χ0) is 22.2. The summed E-state index contributed by atoms with van der Waals surface area (Å²) in [5, 5.41) is 3.35. The van der Waals surface area contributed by atoms with Crippen LogP contribution < -0.4 is 10.2 Å². The van der Waals surface area contributed by atoms with Gasteiger partial charge < -0.3 is 19.9 Å². The molecule has 4 aliphatic rings. The number of carbonyl (C=O) groups is 2. The topological polar surface area (TPSA) is 87.7 Å². The number of amides is 2. The van der Waals surface area contributed by atoms with Crippen molar-refractivity contribution in [2.45, 2.75) is 46.2 Å². The molecule has 3 fully saturated rings. The van der Waals surface area contributed by atoms with Crippen molar-refractivity contribution in [2.75, 3.05) is 36.5 Å². The van der Waals surface area contributed by atoms with E-state index < -0.39 is 0 Å². The normalized spacial score (nSPS) is 21.9. The van der Waals surface area contributed by atoms with E-state index >= 15 is 0 Å². The van der Waals surface area contributed by atoms with Gasteiger partial charge in [0.2, 0.25) is 5.91 Å². The summed E-state index contributed by atoms with van der Waals surface area (Å²) >= 11 is 1.43. The summed E-state index contributed by atoms with van der Waals surface area (Å²) in [5.41, 5.74) is 3.69. The quantitative estimate of drug-likeness (QED) is 0.749. The summed E-state index contributed by atoms with van der Waals surface area (Å²) in [6, 6.07) is 2.31. The Bertz CT molecular complexity index is 1130. The van der Waals surface area contributed by atoms with E-state index in [2.05, 4.69) is 28.2 Å². The van der Waals surface area contributed by atoms with Crippen molar-refractivity contribution in [2.24, 2.45) is 11.3 Å². The Morgan fingerprint density at radius 1 is 1.31 bits per heavy atom. The van der Waals surface area contributed by atoms with Crippen LogP contribution in [0.5, 0.6) is 0 Å². The maximum absolute atomic E-state index is 13.5. The summed E-state index contributed by atoms with van der Waals surface area (Å²) in [5.74, 6) is 1.38. The molecule has 1 N–H and O–H groups in total. The highest BCUT2D eigenvalue weighted by atomic mass is 32.1. The SMILES string of the molecule is CC(=O)Nc1nc(C)c(-c2cc3c(c(N4CC5(COC5)C4)n2)C(=O)N([C@@H](C)C2CC2)C3)s1. The fourth-order valence-corrected chi connectivity index (χ4v) is 6.14. The lowest BCUT2D eigenvalue weighted by Crippen LogP contribution is -2.66. The van der Waals surface area contributed by atoms with Gasteiger partial charge in [-0.15, -0.1) is 0 Å². The zero-order valence-electron chi connectivity index (χ0n) is 18.6. The lowest BCUT2D eigenvalue weighted by atomic mass is 9.78. The van der Waals surface area contributed by atoms with E-state index in [9.17, 15) is 9.59 Å². The van der Waals surface area contributed by atoms with Crippen LogP contribution in [-0.2, 0) is 16.1 Å². The number of aromatic nitrogens is 2. The van der Waals surface area contributed by atoms with Crippen LogP contribution in [0.25, 0.3) is 10.6 Å². The number of rotatable bonds is 5. The van der Waals surface area contributed by atoms with Gasteiger partial charge in [-0.3, -0.25) is 9.59 Å². The summed E-state index contributed by atoms with van der Waals surface area (Å²) in [6.45, 7) is 9.55. The highest BCUT2D eigenvalue weighted by Crippen LogP contribution is 2.46. The molecule has 168 valence electrons. The highest BCUT2D eigenvalue weighted by molar-refractivity contribution is 7.19. The third kappa shape index (κ3) is 3.13. The van der Waals surface area contributed by atoms with Crippen molar-refractivity contribution in [3.05, 3.63) is 22.9 Å². The maximum Gasteiger partial charge on any atom is 0.258 e. The molecule has 1 saturated carbocycles. The molecule has 5 heterocycles. The van der Waals surface area contributed by atoms with Gasteiger partial charge in [0.1, 0.15) is 5.82 Å². The minimum absolute atomic E-state index is 0.110. The average molecular weight is 454 g/mol. The Kier molecular flexibility index (Phi) is 4.39. The lowest BCUT2D eigenvalue weighted by Gasteiger charge is -2.55. The van der Waals surface area contributed by atoms with Gasteiger partial charge in [-0.2, -0.15) is 0 Å².